The molecule has 6 heteroatoms. The highest BCUT2D eigenvalue weighted by atomic mass is 127. The number of carbonyl (C=O) groups is 2. The fourth-order valence-electron chi connectivity index (χ4n) is 2.34. The standard InChI is InChI=1S/C20H14ClIN2O2/c21-14-9-10-18(22)17(11-14)20(26)24-16-8-4-7-15(12-16)23-19(25)13-5-2-1-3-6-13/h1-12H,(H,23,25)(H,24,26). The molecule has 0 aliphatic heterocycles. The van der Waals surface area contributed by atoms with E-state index in [-0.39, 0.29) is 11.8 Å². The van der Waals surface area contributed by atoms with Crippen LogP contribution < -0.4 is 10.6 Å². The van der Waals surface area contributed by atoms with Gasteiger partial charge in [-0.1, -0.05) is 35.9 Å². The van der Waals surface area contributed by atoms with Gasteiger partial charge in [-0.05, 0) is 71.1 Å². The number of halogens is 2. The summed E-state index contributed by atoms with van der Waals surface area (Å²) in [6.07, 6.45) is 0. The van der Waals surface area contributed by atoms with E-state index in [1.54, 1.807) is 66.7 Å². The van der Waals surface area contributed by atoms with Crippen molar-refractivity contribution in [3.63, 3.8) is 0 Å². The second kappa shape index (κ2) is 8.33. The first kappa shape index (κ1) is 18.4. The largest absolute Gasteiger partial charge is 0.322 e. The van der Waals surface area contributed by atoms with Crippen molar-refractivity contribution in [1.82, 2.24) is 0 Å². The van der Waals surface area contributed by atoms with Crippen molar-refractivity contribution in [2.45, 2.75) is 0 Å². The van der Waals surface area contributed by atoms with Gasteiger partial charge in [0.2, 0.25) is 0 Å². The van der Waals surface area contributed by atoms with Gasteiger partial charge < -0.3 is 10.6 Å². The van der Waals surface area contributed by atoms with Crippen molar-refractivity contribution in [3.05, 3.63) is 92.5 Å². The first-order valence-electron chi connectivity index (χ1n) is 7.76. The van der Waals surface area contributed by atoms with Gasteiger partial charge in [0.15, 0.2) is 0 Å². The predicted molar refractivity (Wildman–Crippen MR) is 113 cm³/mol. The number of hydrogen-bond acceptors (Lipinski definition) is 2. The maximum absolute atomic E-state index is 12.5. The lowest BCUT2D eigenvalue weighted by molar-refractivity contribution is 0.101. The fraction of sp³-hybridized carbons (Fsp3) is 0. The number of amides is 2. The van der Waals surface area contributed by atoms with Crippen LogP contribution in [-0.2, 0) is 0 Å². The Morgan fingerprint density at radius 1 is 0.769 bits per heavy atom. The molecule has 0 aliphatic rings. The van der Waals surface area contributed by atoms with Crippen molar-refractivity contribution in [1.29, 1.82) is 0 Å². The summed E-state index contributed by atoms with van der Waals surface area (Å²) >= 11 is 8.06. The highest BCUT2D eigenvalue weighted by Crippen LogP contribution is 2.21. The minimum absolute atomic E-state index is 0.210. The fourth-order valence-corrected chi connectivity index (χ4v) is 3.09. The Bertz CT molecular complexity index is 961. The molecule has 0 unspecified atom stereocenters. The Morgan fingerprint density at radius 3 is 2.12 bits per heavy atom. The number of nitrogens with one attached hydrogen (secondary N) is 2. The molecule has 0 bridgehead atoms. The Morgan fingerprint density at radius 2 is 1.42 bits per heavy atom. The number of hydrogen-bond donors (Lipinski definition) is 2. The lowest BCUT2D eigenvalue weighted by atomic mass is 10.2. The number of benzene rings is 3. The third-order valence-corrected chi connectivity index (χ3v) is 4.76. The Hall–Kier alpha value is -2.38. The highest BCUT2D eigenvalue weighted by molar-refractivity contribution is 14.1. The summed E-state index contributed by atoms with van der Waals surface area (Å²) in [5.41, 5.74) is 2.24. The normalized spacial score (nSPS) is 10.2. The van der Waals surface area contributed by atoms with Crippen LogP contribution >= 0.6 is 34.2 Å². The Balaban J connectivity index is 1.74. The molecule has 4 nitrogen and oxygen atoms in total. The van der Waals surface area contributed by atoms with Crippen LogP contribution in [0.2, 0.25) is 5.02 Å². The monoisotopic (exact) mass is 476 g/mol. The van der Waals surface area contributed by atoms with Crippen LogP contribution in [0.5, 0.6) is 0 Å². The Labute approximate surface area is 169 Å². The van der Waals surface area contributed by atoms with E-state index in [1.807, 2.05) is 6.07 Å². The minimum atomic E-state index is -0.261. The van der Waals surface area contributed by atoms with Crippen molar-refractivity contribution >= 4 is 57.4 Å². The molecular weight excluding hydrogens is 463 g/mol. The maximum Gasteiger partial charge on any atom is 0.256 e. The predicted octanol–water partition coefficient (Wildman–Crippen LogP) is 5.45. The highest BCUT2D eigenvalue weighted by Gasteiger charge is 2.12. The van der Waals surface area contributed by atoms with Crippen molar-refractivity contribution in [3.8, 4) is 0 Å². The zero-order chi connectivity index (χ0) is 18.5. The first-order valence-corrected chi connectivity index (χ1v) is 9.21. The molecule has 3 aromatic carbocycles. The minimum Gasteiger partial charge on any atom is -0.322 e. The molecule has 3 rings (SSSR count). The maximum atomic E-state index is 12.5. The van der Waals surface area contributed by atoms with Gasteiger partial charge in [0.25, 0.3) is 11.8 Å². The summed E-state index contributed by atoms with van der Waals surface area (Å²) in [4.78, 5) is 24.7. The van der Waals surface area contributed by atoms with E-state index >= 15 is 0 Å². The van der Waals surface area contributed by atoms with Gasteiger partial charge in [-0.2, -0.15) is 0 Å². The Kier molecular flexibility index (Phi) is 5.90. The topological polar surface area (TPSA) is 58.2 Å². The molecule has 0 spiro atoms. The van der Waals surface area contributed by atoms with Crippen LogP contribution in [0.3, 0.4) is 0 Å². The van der Waals surface area contributed by atoms with Crippen LogP contribution in [0.25, 0.3) is 0 Å². The van der Waals surface area contributed by atoms with Crippen molar-refractivity contribution in [2.24, 2.45) is 0 Å². The quantitative estimate of drug-likeness (QED) is 0.492. The second-order valence-corrected chi connectivity index (χ2v) is 7.08. The van der Waals surface area contributed by atoms with Crippen LogP contribution in [0.15, 0.2) is 72.8 Å². The molecule has 3 aromatic rings. The summed E-state index contributed by atoms with van der Waals surface area (Å²) in [6.45, 7) is 0. The van der Waals surface area contributed by atoms with E-state index in [1.165, 1.54) is 0 Å². The third kappa shape index (κ3) is 4.62. The van der Waals surface area contributed by atoms with E-state index in [4.69, 9.17) is 11.6 Å². The number of rotatable bonds is 4. The van der Waals surface area contributed by atoms with Crippen molar-refractivity contribution < 1.29 is 9.59 Å². The summed E-state index contributed by atoms with van der Waals surface area (Å²) in [5, 5.41) is 6.14. The third-order valence-electron chi connectivity index (χ3n) is 3.59. The van der Waals surface area contributed by atoms with Crippen molar-refractivity contribution in [2.75, 3.05) is 10.6 Å². The SMILES string of the molecule is O=C(Nc1cccc(NC(=O)c2cc(Cl)ccc2I)c1)c1ccccc1. The molecule has 2 amide bonds. The molecule has 26 heavy (non-hydrogen) atoms. The molecule has 0 radical (unpaired) electrons. The zero-order valence-corrected chi connectivity index (χ0v) is 16.4. The number of anilines is 2. The van der Waals surface area contributed by atoms with Gasteiger partial charge in [-0.15, -0.1) is 0 Å². The van der Waals surface area contributed by atoms with Gasteiger partial charge in [-0.25, -0.2) is 0 Å². The van der Waals surface area contributed by atoms with E-state index in [9.17, 15) is 9.59 Å². The molecule has 0 aromatic heterocycles. The summed E-state index contributed by atoms with van der Waals surface area (Å²) in [7, 11) is 0. The van der Waals surface area contributed by atoms with Gasteiger partial charge in [-0.3, -0.25) is 9.59 Å². The molecule has 2 N–H and O–H groups in total. The molecule has 0 atom stereocenters. The molecule has 0 heterocycles. The van der Waals surface area contributed by atoms with E-state index in [2.05, 4.69) is 33.2 Å². The van der Waals surface area contributed by atoms with Crippen LogP contribution in [-0.4, -0.2) is 11.8 Å². The van der Waals surface area contributed by atoms with E-state index in [0.717, 1.165) is 3.57 Å². The van der Waals surface area contributed by atoms with E-state index < -0.39 is 0 Å². The summed E-state index contributed by atoms with van der Waals surface area (Å²) < 4.78 is 0.804. The van der Waals surface area contributed by atoms with Crippen LogP contribution in [0.1, 0.15) is 20.7 Å². The van der Waals surface area contributed by atoms with Gasteiger partial charge in [0.05, 0.1) is 5.56 Å². The van der Waals surface area contributed by atoms with Crippen LogP contribution in [0, 0.1) is 3.57 Å². The molecular formula is C20H14ClIN2O2. The van der Waals surface area contributed by atoms with Gasteiger partial charge >= 0.3 is 0 Å². The molecule has 0 saturated carbocycles. The lowest BCUT2D eigenvalue weighted by Crippen LogP contribution is -2.14. The van der Waals surface area contributed by atoms with Crippen LogP contribution in [0.4, 0.5) is 11.4 Å². The smallest absolute Gasteiger partial charge is 0.256 e. The summed E-state index contributed by atoms with van der Waals surface area (Å²) in [5.74, 6) is -0.470. The van der Waals surface area contributed by atoms with Gasteiger partial charge in [0.1, 0.15) is 0 Å². The second-order valence-electron chi connectivity index (χ2n) is 5.48. The molecule has 130 valence electrons. The molecule has 0 saturated heterocycles. The molecule has 0 fully saturated rings. The van der Waals surface area contributed by atoms with E-state index in [0.29, 0.717) is 27.5 Å². The average molecular weight is 477 g/mol. The first-order chi connectivity index (χ1) is 12.5. The molecule has 0 aliphatic carbocycles. The zero-order valence-electron chi connectivity index (χ0n) is 13.5. The average Bonchev–Trinajstić information content (AvgIpc) is 2.64. The van der Waals surface area contributed by atoms with Gasteiger partial charge in [0, 0.05) is 25.5 Å². The summed E-state index contributed by atoms with van der Waals surface area (Å²) in [6, 6.07) is 21.1. The lowest BCUT2D eigenvalue weighted by Gasteiger charge is -2.10. The number of carbonyl (C=O) groups excluding carboxylic acids is 2.